The molecule has 9 heteroatoms. The molecule has 35 heavy (non-hydrogen) atoms. The summed E-state index contributed by atoms with van der Waals surface area (Å²) in [5.41, 5.74) is 2.89. The first-order valence-electron chi connectivity index (χ1n) is 11.8. The molecule has 1 atom stereocenters. The third-order valence-corrected chi connectivity index (χ3v) is 7.47. The first kappa shape index (κ1) is 28.3. The molecule has 0 radical (unpaired) electrons. The molecular weight excluding hydrogens is 464 g/mol. The van der Waals surface area contributed by atoms with Crippen molar-refractivity contribution in [2.24, 2.45) is 0 Å². The van der Waals surface area contributed by atoms with Gasteiger partial charge < -0.3 is 10.2 Å². The molecule has 1 N–H and O–H groups in total. The van der Waals surface area contributed by atoms with Crippen molar-refractivity contribution in [1.82, 2.24) is 14.5 Å². The van der Waals surface area contributed by atoms with Gasteiger partial charge in [-0.1, -0.05) is 49.4 Å². The highest BCUT2D eigenvalue weighted by molar-refractivity contribution is 7.90. The maximum absolute atomic E-state index is 13.8. The lowest BCUT2D eigenvalue weighted by Gasteiger charge is -2.34. The van der Waals surface area contributed by atoms with Gasteiger partial charge in [-0.15, -0.1) is 0 Å². The van der Waals surface area contributed by atoms with Crippen molar-refractivity contribution in [3.63, 3.8) is 0 Å². The van der Waals surface area contributed by atoms with Gasteiger partial charge in [0.25, 0.3) is 0 Å². The normalized spacial score (nSPS) is 12.5. The van der Waals surface area contributed by atoms with E-state index in [2.05, 4.69) is 5.32 Å². The number of carbonyl (C=O) groups excluding carboxylic acids is 2. The average Bonchev–Trinajstić information content (AvgIpc) is 2.79. The van der Waals surface area contributed by atoms with Crippen LogP contribution in [0.2, 0.25) is 0 Å². The van der Waals surface area contributed by atoms with Gasteiger partial charge in [0.2, 0.25) is 11.8 Å². The van der Waals surface area contributed by atoms with Gasteiger partial charge in [-0.05, 0) is 56.9 Å². The van der Waals surface area contributed by atoms with Crippen LogP contribution in [0, 0.1) is 13.8 Å². The topological polar surface area (TPSA) is 90.0 Å². The molecule has 0 saturated carbocycles. The summed E-state index contributed by atoms with van der Waals surface area (Å²) in [6, 6.07) is 14.0. The van der Waals surface area contributed by atoms with Gasteiger partial charge in [-0.25, -0.2) is 4.31 Å². The number of hydrogen-bond acceptors (Lipinski definition) is 4. The minimum Gasteiger partial charge on any atom is -0.352 e. The van der Waals surface area contributed by atoms with Gasteiger partial charge >= 0.3 is 10.2 Å². The molecule has 192 valence electrons. The number of benzene rings is 2. The van der Waals surface area contributed by atoms with Gasteiger partial charge in [-0.3, -0.25) is 9.59 Å². The van der Waals surface area contributed by atoms with Crippen molar-refractivity contribution in [1.29, 1.82) is 0 Å². The number of carbonyl (C=O) groups is 2. The van der Waals surface area contributed by atoms with E-state index in [0.717, 1.165) is 25.3 Å². The van der Waals surface area contributed by atoms with Gasteiger partial charge in [0.05, 0.1) is 5.69 Å². The zero-order chi connectivity index (χ0) is 26.3. The molecule has 0 heterocycles. The van der Waals surface area contributed by atoms with E-state index >= 15 is 0 Å². The van der Waals surface area contributed by atoms with Crippen molar-refractivity contribution in [2.45, 2.75) is 59.7 Å². The molecule has 0 aliphatic carbocycles. The Morgan fingerprint density at radius 2 is 1.63 bits per heavy atom. The smallest absolute Gasteiger partial charge is 0.304 e. The largest absolute Gasteiger partial charge is 0.352 e. The summed E-state index contributed by atoms with van der Waals surface area (Å²) in [6.07, 6.45) is 0.390. The van der Waals surface area contributed by atoms with Crippen LogP contribution in [0.1, 0.15) is 43.9 Å². The Kier molecular flexibility index (Phi) is 9.85. The second-order valence-electron chi connectivity index (χ2n) is 9.18. The minimum atomic E-state index is -3.99. The lowest BCUT2D eigenvalue weighted by atomic mass is 10.1. The Labute approximate surface area is 210 Å². The van der Waals surface area contributed by atoms with Crippen LogP contribution in [0.5, 0.6) is 0 Å². The standard InChI is InChI=1S/C26H38N4O4S/c1-8-23(26(32)27-19(2)3)29(17-22-12-10-9-11-13-22)25(31)18-30(35(33,34)28(6)7)24-16-20(4)14-15-21(24)5/h9-16,19,23H,8,17-18H2,1-7H3,(H,27,32)/t23-/m0/s1. The van der Waals surface area contributed by atoms with E-state index in [9.17, 15) is 18.0 Å². The lowest BCUT2D eigenvalue weighted by molar-refractivity contribution is -0.140. The maximum atomic E-state index is 13.8. The first-order valence-corrected chi connectivity index (χ1v) is 13.2. The molecule has 0 aliphatic heterocycles. The van der Waals surface area contributed by atoms with E-state index in [1.807, 2.05) is 77.1 Å². The van der Waals surface area contributed by atoms with Crippen LogP contribution < -0.4 is 9.62 Å². The molecule has 0 aromatic heterocycles. The molecule has 0 unspecified atom stereocenters. The molecule has 0 fully saturated rings. The molecule has 2 aromatic rings. The Bertz CT molecular complexity index is 1120. The molecule has 0 bridgehead atoms. The highest BCUT2D eigenvalue weighted by atomic mass is 32.2. The van der Waals surface area contributed by atoms with Gasteiger partial charge in [0.1, 0.15) is 12.6 Å². The SMILES string of the molecule is CC[C@@H](C(=O)NC(C)C)N(Cc1ccccc1)C(=O)CN(c1cc(C)ccc1C)S(=O)(=O)N(C)C. The van der Waals surface area contributed by atoms with E-state index in [1.165, 1.54) is 19.0 Å². The van der Waals surface area contributed by atoms with Gasteiger partial charge in [0.15, 0.2) is 0 Å². The fraction of sp³-hybridized carbons (Fsp3) is 0.462. The number of nitrogens with one attached hydrogen (secondary N) is 1. The minimum absolute atomic E-state index is 0.0919. The highest BCUT2D eigenvalue weighted by Gasteiger charge is 2.34. The van der Waals surface area contributed by atoms with Crippen LogP contribution in [0.4, 0.5) is 5.69 Å². The lowest BCUT2D eigenvalue weighted by Crippen LogP contribution is -2.54. The molecular formula is C26H38N4O4S. The Morgan fingerprint density at radius 3 is 2.17 bits per heavy atom. The number of aryl methyl sites for hydroxylation is 2. The highest BCUT2D eigenvalue weighted by Crippen LogP contribution is 2.26. The van der Waals surface area contributed by atoms with Crippen molar-refractivity contribution >= 4 is 27.7 Å². The van der Waals surface area contributed by atoms with E-state index in [0.29, 0.717) is 12.1 Å². The summed E-state index contributed by atoms with van der Waals surface area (Å²) in [5, 5.41) is 2.89. The van der Waals surface area contributed by atoms with Gasteiger partial charge in [-0.2, -0.15) is 12.7 Å². The van der Waals surface area contributed by atoms with Crippen LogP contribution >= 0.6 is 0 Å². The zero-order valence-electron chi connectivity index (χ0n) is 21.8. The summed E-state index contributed by atoms with van der Waals surface area (Å²) in [7, 11) is -1.12. The van der Waals surface area contributed by atoms with Crippen LogP contribution in [0.3, 0.4) is 0 Å². The van der Waals surface area contributed by atoms with Crippen LogP contribution in [0.25, 0.3) is 0 Å². The quantitative estimate of drug-likeness (QED) is 0.511. The van der Waals surface area contributed by atoms with E-state index in [4.69, 9.17) is 0 Å². The summed E-state index contributed by atoms with van der Waals surface area (Å²) >= 11 is 0. The Balaban J connectivity index is 2.54. The Hall–Kier alpha value is -2.91. The third-order valence-electron chi connectivity index (χ3n) is 5.66. The van der Waals surface area contributed by atoms with Crippen molar-refractivity contribution < 1.29 is 18.0 Å². The zero-order valence-corrected chi connectivity index (χ0v) is 22.6. The summed E-state index contributed by atoms with van der Waals surface area (Å²) < 4.78 is 28.9. The van der Waals surface area contributed by atoms with Crippen LogP contribution in [-0.2, 0) is 26.3 Å². The molecule has 2 aromatic carbocycles. The monoisotopic (exact) mass is 502 g/mol. The molecule has 2 amide bonds. The van der Waals surface area contributed by atoms with Gasteiger partial charge in [0, 0.05) is 26.7 Å². The summed E-state index contributed by atoms with van der Waals surface area (Å²) in [5.74, 6) is -0.716. The number of hydrogen-bond donors (Lipinski definition) is 1. The molecule has 0 aliphatic rings. The van der Waals surface area contributed by atoms with Crippen molar-refractivity contribution in [3.05, 3.63) is 65.2 Å². The van der Waals surface area contributed by atoms with E-state index in [-0.39, 0.29) is 18.5 Å². The summed E-state index contributed by atoms with van der Waals surface area (Å²) in [6.45, 7) is 9.00. The van der Waals surface area contributed by atoms with E-state index in [1.54, 1.807) is 6.07 Å². The van der Waals surface area contributed by atoms with Crippen LogP contribution in [-0.4, -0.2) is 62.2 Å². The molecule has 2 rings (SSSR count). The second kappa shape index (κ2) is 12.2. The third kappa shape index (κ3) is 7.29. The summed E-state index contributed by atoms with van der Waals surface area (Å²) in [4.78, 5) is 28.3. The fourth-order valence-electron chi connectivity index (χ4n) is 3.77. The van der Waals surface area contributed by atoms with Crippen LogP contribution in [0.15, 0.2) is 48.5 Å². The van der Waals surface area contributed by atoms with Crippen molar-refractivity contribution in [3.8, 4) is 0 Å². The number of nitrogens with zero attached hydrogens (tertiary/aromatic N) is 3. The number of amides is 2. The predicted molar refractivity (Wildman–Crippen MR) is 140 cm³/mol. The number of rotatable bonds is 11. The molecule has 8 nitrogen and oxygen atoms in total. The maximum Gasteiger partial charge on any atom is 0.304 e. The second-order valence-corrected chi connectivity index (χ2v) is 11.2. The fourth-order valence-corrected chi connectivity index (χ4v) is 4.88. The molecule has 0 spiro atoms. The molecule has 0 saturated heterocycles. The van der Waals surface area contributed by atoms with Crippen molar-refractivity contribution in [2.75, 3.05) is 24.9 Å². The Morgan fingerprint density at radius 1 is 1.00 bits per heavy atom. The predicted octanol–water partition coefficient (Wildman–Crippen LogP) is 3.25. The number of anilines is 1. The first-order chi connectivity index (χ1) is 16.4. The average molecular weight is 503 g/mol. The van der Waals surface area contributed by atoms with E-state index < -0.39 is 28.7 Å².